The molecule has 0 atom stereocenters. The topological polar surface area (TPSA) is 12.5 Å². The van der Waals surface area contributed by atoms with Gasteiger partial charge < -0.3 is 9.64 Å². The highest BCUT2D eigenvalue weighted by molar-refractivity contribution is 14.1. The maximum absolute atomic E-state index is 5.74. The molecule has 1 rings (SSSR count). The molecule has 0 heterocycles. The van der Waals surface area contributed by atoms with E-state index in [-0.39, 0.29) is 0 Å². The van der Waals surface area contributed by atoms with E-state index in [1.54, 1.807) is 0 Å². The van der Waals surface area contributed by atoms with Gasteiger partial charge in [0, 0.05) is 11.0 Å². The van der Waals surface area contributed by atoms with Crippen molar-refractivity contribution < 1.29 is 4.74 Å². The summed E-state index contributed by atoms with van der Waals surface area (Å²) in [6.45, 7) is 1.83. The zero-order chi connectivity index (χ0) is 12.7. The standard InChI is InChI=1S/C13H19BrINO/c1-16(2)8-3-9-17-13-5-4-11(6-7-15)10-12(13)14/h4-5,10H,3,6-9H2,1-2H3. The lowest BCUT2D eigenvalue weighted by atomic mass is 10.2. The lowest BCUT2D eigenvalue weighted by Gasteiger charge is -2.12. The summed E-state index contributed by atoms with van der Waals surface area (Å²) in [6, 6.07) is 6.35. The normalized spacial score (nSPS) is 10.9. The number of benzene rings is 1. The SMILES string of the molecule is CN(C)CCCOc1ccc(CCI)cc1Br. The maximum atomic E-state index is 5.74. The highest BCUT2D eigenvalue weighted by Crippen LogP contribution is 2.26. The average Bonchev–Trinajstić information content (AvgIpc) is 2.27. The molecule has 0 aromatic heterocycles. The van der Waals surface area contributed by atoms with Crippen LogP contribution in [0.2, 0.25) is 0 Å². The summed E-state index contributed by atoms with van der Waals surface area (Å²) in [5.74, 6) is 0.945. The predicted octanol–water partition coefficient (Wildman–Crippen LogP) is 3.76. The molecule has 0 fully saturated rings. The second-order valence-electron chi connectivity index (χ2n) is 4.21. The second-order valence-corrected chi connectivity index (χ2v) is 6.14. The second kappa shape index (κ2) is 8.32. The zero-order valence-corrected chi connectivity index (χ0v) is 14.1. The van der Waals surface area contributed by atoms with Crippen molar-refractivity contribution >= 4 is 38.5 Å². The van der Waals surface area contributed by atoms with Gasteiger partial charge in [0.1, 0.15) is 5.75 Å². The third-order valence-electron chi connectivity index (χ3n) is 2.39. The van der Waals surface area contributed by atoms with Crippen molar-refractivity contribution in [3.8, 4) is 5.75 Å². The third-order valence-corrected chi connectivity index (χ3v) is 3.55. The Bertz CT molecular complexity index is 344. The Labute approximate surface area is 126 Å². The summed E-state index contributed by atoms with van der Waals surface area (Å²) in [5, 5.41) is 0. The van der Waals surface area contributed by atoms with Gasteiger partial charge in [-0.3, -0.25) is 0 Å². The van der Waals surface area contributed by atoms with Gasteiger partial charge >= 0.3 is 0 Å². The van der Waals surface area contributed by atoms with Crippen LogP contribution < -0.4 is 4.74 Å². The number of hydrogen-bond donors (Lipinski definition) is 0. The smallest absolute Gasteiger partial charge is 0.133 e. The third kappa shape index (κ3) is 6.06. The van der Waals surface area contributed by atoms with Gasteiger partial charge in [-0.1, -0.05) is 28.7 Å². The molecule has 1 aromatic rings. The lowest BCUT2D eigenvalue weighted by Crippen LogP contribution is -2.15. The van der Waals surface area contributed by atoms with Crippen LogP contribution in [0.4, 0.5) is 0 Å². The minimum Gasteiger partial charge on any atom is -0.492 e. The molecule has 0 bridgehead atoms. The first kappa shape index (κ1) is 15.2. The van der Waals surface area contributed by atoms with Crippen LogP contribution in [0.25, 0.3) is 0 Å². The van der Waals surface area contributed by atoms with Crippen LogP contribution in [0, 0.1) is 0 Å². The van der Waals surface area contributed by atoms with E-state index in [1.807, 2.05) is 0 Å². The number of aryl methyl sites for hydroxylation is 1. The summed E-state index contributed by atoms with van der Waals surface area (Å²) in [6.07, 6.45) is 2.16. The predicted molar refractivity (Wildman–Crippen MR) is 85.4 cm³/mol. The lowest BCUT2D eigenvalue weighted by molar-refractivity contribution is 0.280. The molecule has 0 spiro atoms. The molecule has 1 aromatic carbocycles. The molecule has 0 amide bonds. The van der Waals surface area contributed by atoms with E-state index in [4.69, 9.17) is 4.74 Å². The fourth-order valence-electron chi connectivity index (χ4n) is 1.49. The molecule has 4 heteroatoms. The van der Waals surface area contributed by atoms with Crippen LogP contribution in [-0.2, 0) is 6.42 Å². The Morgan fingerprint density at radius 3 is 2.71 bits per heavy atom. The van der Waals surface area contributed by atoms with Crippen molar-refractivity contribution in [1.29, 1.82) is 0 Å². The van der Waals surface area contributed by atoms with Crippen LogP contribution in [-0.4, -0.2) is 36.6 Å². The summed E-state index contributed by atoms with van der Waals surface area (Å²) >= 11 is 5.95. The molecule has 0 N–H and O–H groups in total. The first-order valence-electron chi connectivity index (χ1n) is 5.75. The van der Waals surface area contributed by atoms with Crippen molar-refractivity contribution in [3.05, 3.63) is 28.2 Å². The summed E-state index contributed by atoms with van der Waals surface area (Å²) in [4.78, 5) is 2.17. The first-order valence-corrected chi connectivity index (χ1v) is 8.07. The molecule has 0 aliphatic carbocycles. The minimum absolute atomic E-state index is 0.766. The van der Waals surface area contributed by atoms with Crippen LogP contribution in [0.1, 0.15) is 12.0 Å². The Morgan fingerprint density at radius 2 is 2.12 bits per heavy atom. The molecule has 0 saturated heterocycles. The zero-order valence-electron chi connectivity index (χ0n) is 10.4. The van der Waals surface area contributed by atoms with Crippen LogP contribution in [0.3, 0.4) is 0 Å². The van der Waals surface area contributed by atoms with Crippen LogP contribution >= 0.6 is 38.5 Å². The molecule has 96 valence electrons. The van der Waals surface area contributed by atoms with E-state index in [0.717, 1.165) is 40.6 Å². The average molecular weight is 412 g/mol. The first-order chi connectivity index (χ1) is 8.13. The van der Waals surface area contributed by atoms with Gasteiger partial charge in [0.05, 0.1) is 11.1 Å². The van der Waals surface area contributed by atoms with Gasteiger partial charge in [-0.05, 0) is 60.6 Å². The quantitative estimate of drug-likeness (QED) is 0.385. The monoisotopic (exact) mass is 411 g/mol. The van der Waals surface area contributed by atoms with Crippen molar-refractivity contribution in [2.75, 3.05) is 31.7 Å². The van der Waals surface area contributed by atoms with E-state index in [0.29, 0.717) is 0 Å². The van der Waals surface area contributed by atoms with E-state index >= 15 is 0 Å². The molecule has 2 nitrogen and oxygen atoms in total. The van der Waals surface area contributed by atoms with Gasteiger partial charge in [0.25, 0.3) is 0 Å². The summed E-state index contributed by atoms with van der Waals surface area (Å²) < 4.78 is 7.95. The molecule has 0 radical (unpaired) electrons. The fourth-order valence-corrected chi connectivity index (χ4v) is 2.65. The maximum Gasteiger partial charge on any atom is 0.133 e. The Balaban J connectivity index is 2.43. The number of halogens is 2. The molecule has 0 saturated carbocycles. The molecular weight excluding hydrogens is 393 g/mol. The van der Waals surface area contributed by atoms with E-state index in [2.05, 4.69) is 75.7 Å². The van der Waals surface area contributed by atoms with Gasteiger partial charge in [0.15, 0.2) is 0 Å². The van der Waals surface area contributed by atoms with E-state index in [9.17, 15) is 0 Å². The number of ether oxygens (including phenoxy) is 1. The molecule has 0 aliphatic rings. The molecular formula is C13H19BrINO. The van der Waals surface area contributed by atoms with Gasteiger partial charge in [-0.15, -0.1) is 0 Å². The Hall–Kier alpha value is 0.190. The highest BCUT2D eigenvalue weighted by atomic mass is 127. The number of hydrogen-bond acceptors (Lipinski definition) is 2. The van der Waals surface area contributed by atoms with Crippen molar-refractivity contribution in [2.24, 2.45) is 0 Å². The van der Waals surface area contributed by atoms with E-state index in [1.165, 1.54) is 5.56 Å². The largest absolute Gasteiger partial charge is 0.492 e. The van der Waals surface area contributed by atoms with Crippen LogP contribution in [0.15, 0.2) is 22.7 Å². The van der Waals surface area contributed by atoms with Crippen LogP contribution in [0.5, 0.6) is 5.75 Å². The Morgan fingerprint density at radius 1 is 1.35 bits per heavy atom. The number of alkyl halides is 1. The minimum atomic E-state index is 0.766. The number of nitrogens with zero attached hydrogens (tertiary/aromatic N) is 1. The van der Waals surface area contributed by atoms with Gasteiger partial charge in [-0.2, -0.15) is 0 Å². The molecule has 0 aliphatic heterocycles. The van der Waals surface area contributed by atoms with Gasteiger partial charge in [0.2, 0.25) is 0 Å². The van der Waals surface area contributed by atoms with Crippen molar-refractivity contribution in [2.45, 2.75) is 12.8 Å². The Kier molecular flexibility index (Phi) is 7.46. The van der Waals surface area contributed by atoms with E-state index < -0.39 is 0 Å². The van der Waals surface area contributed by atoms with Gasteiger partial charge in [-0.25, -0.2) is 0 Å². The number of rotatable bonds is 7. The van der Waals surface area contributed by atoms with Crippen molar-refractivity contribution in [3.63, 3.8) is 0 Å². The molecule has 0 unspecified atom stereocenters. The summed E-state index contributed by atoms with van der Waals surface area (Å²) in [5.41, 5.74) is 1.35. The summed E-state index contributed by atoms with van der Waals surface area (Å²) in [7, 11) is 4.16. The highest BCUT2D eigenvalue weighted by Gasteiger charge is 2.02. The fraction of sp³-hybridized carbons (Fsp3) is 0.538. The molecule has 17 heavy (non-hydrogen) atoms. The van der Waals surface area contributed by atoms with Crippen molar-refractivity contribution in [1.82, 2.24) is 4.90 Å².